The molecule has 0 bridgehead atoms. The van der Waals surface area contributed by atoms with Gasteiger partial charge in [0.2, 0.25) is 0 Å². The lowest BCUT2D eigenvalue weighted by molar-refractivity contribution is 0.0950. The van der Waals surface area contributed by atoms with Gasteiger partial charge in [0.25, 0.3) is 11.5 Å². The highest BCUT2D eigenvalue weighted by Gasteiger charge is 2.15. The van der Waals surface area contributed by atoms with Crippen LogP contribution in [-0.4, -0.2) is 17.4 Å². The number of aryl methyl sites for hydroxylation is 2. The Bertz CT molecular complexity index is 1040. The molecule has 1 heterocycles. The molecular weight excluding hydrogens is 355 g/mol. The van der Waals surface area contributed by atoms with Crippen LogP contribution < -0.4 is 10.9 Å². The number of H-pyrrole nitrogens is 1. The first-order chi connectivity index (χ1) is 12.4. The Morgan fingerprint density at radius 3 is 2.73 bits per heavy atom. The van der Waals surface area contributed by atoms with Crippen molar-refractivity contribution in [2.24, 2.45) is 0 Å². The van der Waals surface area contributed by atoms with Gasteiger partial charge < -0.3 is 10.3 Å². The zero-order chi connectivity index (χ0) is 18.8. The Morgan fingerprint density at radius 2 is 2.00 bits per heavy atom. The van der Waals surface area contributed by atoms with Gasteiger partial charge in [-0.1, -0.05) is 29.8 Å². The Morgan fingerprint density at radius 1 is 1.23 bits per heavy atom. The molecule has 1 aromatic heterocycles. The Balaban J connectivity index is 1.76. The number of carbonyl (C=O) groups excluding carboxylic acids is 1. The van der Waals surface area contributed by atoms with Crippen molar-refractivity contribution in [3.63, 3.8) is 0 Å². The lowest BCUT2D eigenvalue weighted by atomic mass is 10.0. The number of pyridine rings is 1. The average molecular weight is 373 g/mol. The Kier molecular flexibility index (Phi) is 5.09. The quantitative estimate of drug-likeness (QED) is 0.729. The molecule has 4 nitrogen and oxygen atoms in total. The minimum atomic E-state index is -0.676. The van der Waals surface area contributed by atoms with Gasteiger partial charge in [-0.05, 0) is 55.0 Å². The van der Waals surface area contributed by atoms with Crippen molar-refractivity contribution >= 4 is 28.4 Å². The summed E-state index contributed by atoms with van der Waals surface area (Å²) in [5.74, 6) is -1.28. The summed E-state index contributed by atoms with van der Waals surface area (Å²) in [7, 11) is 0. The second kappa shape index (κ2) is 7.30. The molecule has 0 spiro atoms. The first-order valence-corrected chi connectivity index (χ1v) is 8.60. The van der Waals surface area contributed by atoms with Crippen LogP contribution in [0.5, 0.6) is 0 Å². The van der Waals surface area contributed by atoms with Crippen molar-refractivity contribution in [3.05, 3.63) is 79.8 Å². The van der Waals surface area contributed by atoms with E-state index in [9.17, 15) is 14.0 Å². The van der Waals surface area contributed by atoms with E-state index in [2.05, 4.69) is 10.3 Å². The van der Waals surface area contributed by atoms with Crippen molar-refractivity contribution in [2.75, 3.05) is 6.54 Å². The summed E-state index contributed by atoms with van der Waals surface area (Å²) in [5, 5.41) is 3.60. The van der Waals surface area contributed by atoms with Crippen LogP contribution in [0.15, 0.2) is 41.2 Å². The van der Waals surface area contributed by atoms with Crippen LogP contribution in [0.2, 0.25) is 5.02 Å². The molecule has 0 radical (unpaired) electrons. The molecule has 3 rings (SSSR count). The van der Waals surface area contributed by atoms with Crippen LogP contribution in [0.3, 0.4) is 0 Å². The number of hydrogen-bond donors (Lipinski definition) is 2. The van der Waals surface area contributed by atoms with E-state index < -0.39 is 11.7 Å². The normalized spacial score (nSPS) is 10.9. The minimum absolute atomic E-state index is 0.0527. The third-order valence-electron chi connectivity index (χ3n) is 4.50. The van der Waals surface area contributed by atoms with E-state index in [-0.39, 0.29) is 22.7 Å². The van der Waals surface area contributed by atoms with Crippen LogP contribution >= 0.6 is 11.6 Å². The van der Waals surface area contributed by atoms with Gasteiger partial charge in [-0.25, -0.2) is 4.39 Å². The van der Waals surface area contributed by atoms with Gasteiger partial charge in [0.15, 0.2) is 0 Å². The fourth-order valence-electron chi connectivity index (χ4n) is 2.87. The predicted octanol–water partition coefficient (Wildman–Crippen LogP) is 3.91. The number of carbonyl (C=O) groups is 1. The zero-order valence-corrected chi connectivity index (χ0v) is 15.2. The molecule has 0 fully saturated rings. The van der Waals surface area contributed by atoms with Crippen molar-refractivity contribution in [1.82, 2.24) is 10.3 Å². The molecule has 6 heteroatoms. The molecule has 2 N–H and O–H groups in total. The smallest absolute Gasteiger partial charge is 0.255 e. The molecule has 0 saturated heterocycles. The fraction of sp³-hybridized carbons (Fsp3) is 0.200. The Labute approximate surface area is 155 Å². The second-order valence-electron chi connectivity index (χ2n) is 6.20. The first-order valence-electron chi connectivity index (χ1n) is 8.23. The van der Waals surface area contributed by atoms with Gasteiger partial charge in [-0.2, -0.15) is 0 Å². The maximum atomic E-state index is 13.8. The molecule has 26 heavy (non-hydrogen) atoms. The Hall–Kier alpha value is -2.66. The van der Waals surface area contributed by atoms with Crippen LogP contribution in [0.25, 0.3) is 10.9 Å². The average Bonchev–Trinajstić information content (AvgIpc) is 2.59. The second-order valence-corrected chi connectivity index (χ2v) is 6.61. The lowest BCUT2D eigenvalue weighted by Crippen LogP contribution is -2.28. The molecule has 0 aliphatic rings. The highest BCUT2D eigenvalue weighted by atomic mass is 35.5. The summed E-state index contributed by atoms with van der Waals surface area (Å²) in [6.45, 7) is 4.15. The third-order valence-corrected chi connectivity index (χ3v) is 4.81. The molecule has 0 saturated carbocycles. The molecule has 0 aliphatic heterocycles. The maximum absolute atomic E-state index is 13.8. The first kappa shape index (κ1) is 18.1. The van der Waals surface area contributed by atoms with Gasteiger partial charge in [-0.3, -0.25) is 9.59 Å². The van der Waals surface area contributed by atoms with Crippen molar-refractivity contribution < 1.29 is 9.18 Å². The fourth-order valence-corrected chi connectivity index (χ4v) is 3.12. The topological polar surface area (TPSA) is 62.0 Å². The van der Waals surface area contributed by atoms with Crippen molar-refractivity contribution in [1.29, 1.82) is 0 Å². The number of halogens is 2. The number of aromatic nitrogens is 1. The number of amides is 1. The number of benzene rings is 2. The number of rotatable bonds is 4. The molecule has 0 aliphatic carbocycles. The predicted molar refractivity (Wildman–Crippen MR) is 101 cm³/mol. The minimum Gasteiger partial charge on any atom is -0.352 e. The summed E-state index contributed by atoms with van der Waals surface area (Å²) < 4.78 is 13.8. The van der Waals surface area contributed by atoms with E-state index in [1.807, 2.05) is 32.0 Å². The van der Waals surface area contributed by atoms with E-state index in [0.717, 1.165) is 22.0 Å². The number of hydrogen-bond acceptors (Lipinski definition) is 2. The van der Waals surface area contributed by atoms with Gasteiger partial charge in [-0.15, -0.1) is 0 Å². The van der Waals surface area contributed by atoms with E-state index in [1.165, 1.54) is 18.2 Å². The third kappa shape index (κ3) is 3.48. The van der Waals surface area contributed by atoms with E-state index in [4.69, 9.17) is 11.6 Å². The summed E-state index contributed by atoms with van der Waals surface area (Å²) in [6.07, 6.45) is 0.329. The summed E-state index contributed by atoms with van der Waals surface area (Å²) in [5.41, 5.74) is 3.14. The van der Waals surface area contributed by atoms with E-state index >= 15 is 0 Å². The monoisotopic (exact) mass is 372 g/mol. The van der Waals surface area contributed by atoms with Crippen LogP contribution in [0, 0.1) is 19.7 Å². The van der Waals surface area contributed by atoms with Crippen molar-refractivity contribution in [2.45, 2.75) is 20.3 Å². The summed E-state index contributed by atoms with van der Waals surface area (Å²) in [4.78, 5) is 27.3. The molecule has 2 aromatic carbocycles. The van der Waals surface area contributed by atoms with Crippen LogP contribution in [0.4, 0.5) is 4.39 Å². The van der Waals surface area contributed by atoms with Gasteiger partial charge >= 0.3 is 0 Å². The highest BCUT2D eigenvalue weighted by Crippen LogP contribution is 2.20. The van der Waals surface area contributed by atoms with E-state index in [1.54, 1.807) is 0 Å². The molecular formula is C20H18ClFN2O2. The standard InChI is InChI=1S/C20H18ClFN2O2/c1-11-6-7-13-10-14(19(25)24-18(13)12(11)2)8-9-23-20(26)17-15(21)4-3-5-16(17)22/h3-7,10H,8-9H2,1-2H3,(H,23,26)(H,24,25). The molecule has 0 atom stereocenters. The number of fused-ring (bicyclic) bond motifs is 1. The highest BCUT2D eigenvalue weighted by molar-refractivity contribution is 6.33. The van der Waals surface area contributed by atoms with Crippen LogP contribution in [-0.2, 0) is 6.42 Å². The molecule has 134 valence electrons. The van der Waals surface area contributed by atoms with E-state index in [0.29, 0.717) is 12.0 Å². The maximum Gasteiger partial charge on any atom is 0.255 e. The van der Waals surface area contributed by atoms with Crippen LogP contribution in [0.1, 0.15) is 27.0 Å². The SMILES string of the molecule is Cc1ccc2cc(CCNC(=O)c3c(F)cccc3Cl)c(=O)[nH]c2c1C. The number of aromatic amines is 1. The van der Waals surface area contributed by atoms with Gasteiger partial charge in [0, 0.05) is 12.1 Å². The van der Waals surface area contributed by atoms with Crippen molar-refractivity contribution in [3.8, 4) is 0 Å². The molecule has 0 unspecified atom stereocenters. The molecule has 1 amide bonds. The largest absolute Gasteiger partial charge is 0.352 e. The number of nitrogens with one attached hydrogen (secondary N) is 2. The van der Waals surface area contributed by atoms with Gasteiger partial charge in [0.05, 0.1) is 16.1 Å². The zero-order valence-electron chi connectivity index (χ0n) is 14.5. The summed E-state index contributed by atoms with van der Waals surface area (Å²) in [6, 6.07) is 9.85. The molecule has 3 aromatic rings. The lowest BCUT2D eigenvalue weighted by Gasteiger charge is -2.09. The summed E-state index contributed by atoms with van der Waals surface area (Å²) >= 11 is 5.88. The van der Waals surface area contributed by atoms with Gasteiger partial charge in [0.1, 0.15) is 5.82 Å².